The third-order valence-corrected chi connectivity index (χ3v) is 2.65. The molecule has 0 saturated heterocycles. The summed E-state index contributed by atoms with van der Waals surface area (Å²) in [7, 11) is 3.44. The molecule has 2 aromatic rings. The first-order valence-electron chi connectivity index (χ1n) is 6.04. The lowest BCUT2D eigenvalue weighted by molar-refractivity contribution is 0.0827. The Bertz CT molecular complexity index is 518. The van der Waals surface area contributed by atoms with E-state index in [2.05, 4.69) is 15.3 Å². The highest BCUT2D eigenvalue weighted by Gasteiger charge is 2.07. The lowest BCUT2D eigenvalue weighted by Crippen LogP contribution is -2.21. The van der Waals surface area contributed by atoms with Crippen LogP contribution in [0.4, 0.5) is 5.82 Å². The van der Waals surface area contributed by atoms with E-state index in [1.807, 2.05) is 16.8 Å². The molecule has 2 aromatic heterocycles. The maximum absolute atomic E-state index is 11.7. The molecule has 0 saturated carbocycles. The lowest BCUT2D eigenvalue weighted by atomic mass is 10.2. The Labute approximate surface area is 112 Å². The maximum atomic E-state index is 11.7. The van der Waals surface area contributed by atoms with E-state index in [1.165, 1.54) is 4.90 Å². The molecule has 6 nitrogen and oxygen atoms in total. The van der Waals surface area contributed by atoms with E-state index < -0.39 is 0 Å². The molecule has 0 aliphatic carbocycles. The van der Waals surface area contributed by atoms with Gasteiger partial charge in [0.05, 0.1) is 11.9 Å². The summed E-state index contributed by atoms with van der Waals surface area (Å²) in [5.41, 5.74) is 0.588. The normalized spacial score (nSPS) is 10.2. The fourth-order valence-electron chi connectivity index (χ4n) is 1.62. The number of nitrogens with zero attached hydrogens (tertiary/aromatic N) is 4. The Balaban J connectivity index is 1.86. The number of carbonyl (C=O) groups is 1. The fraction of sp³-hybridized carbons (Fsp3) is 0.308. The van der Waals surface area contributed by atoms with Gasteiger partial charge in [-0.15, -0.1) is 0 Å². The maximum Gasteiger partial charge on any atom is 0.254 e. The van der Waals surface area contributed by atoms with Crippen molar-refractivity contribution in [2.24, 2.45) is 0 Å². The molecule has 0 radical (unpaired) electrons. The summed E-state index contributed by atoms with van der Waals surface area (Å²) in [6, 6.07) is 3.58. The van der Waals surface area contributed by atoms with Crippen molar-refractivity contribution >= 4 is 11.7 Å². The molecule has 0 spiro atoms. The molecule has 0 aliphatic rings. The second-order valence-electron chi connectivity index (χ2n) is 4.36. The molecule has 2 rings (SSSR count). The zero-order valence-corrected chi connectivity index (χ0v) is 11.1. The van der Waals surface area contributed by atoms with Crippen molar-refractivity contribution in [3.63, 3.8) is 0 Å². The standard InChI is InChI=1S/C13H17N5O/c1-17(2)13(19)11-3-4-12(16-9-11)15-6-8-18-7-5-14-10-18/h3-5,7,9-10H,6,8H2,1-2H3,(H,15,16). The molecule has 0 aromatic carbocycles. The second kappa shape index (κ2) is 5.99. The number of pyridine rings is 1. The van der Waals surface area contributed by atoms with Crippen LogP contribution in [0.3, 0.4) is 0 Å². The molecular weight excluding hydrogens is 242 g/mol. The summed E-state index contributed by atoms with van der Waals surface area (Å²) in [6.07, 6.45) is 7.02. The summed E-state index contributed by atoms with van der Waals surface area (Å²) in [4.78, 5) is 21.4. The van der Waals surface area contributed by atoms with Gasteiger partial charge in [-0.25, -0.2) is 9.97 Å². The van der Waals surface area contributed by atoms with E-state index >= 15 is 0 Å². The number of aromatic nitrogens is 3. The van der Waals surface area contributed by atoms with Crippen molar-refractivity contribution in [3.8, 4) is 0 Å². The molecule has 1 N–H and O–H groups in total. The van der Waals surface area contributed by atoms with Gasteiger partial charge >= 0.3 is 0 Å². The average Bonchev–Trinajstić information content (AvgIpc) is 2.92. The van der Waals surface area contributed by atoms with Gasteiger partial charge in [-0.3, -0.25) is 4.79 Å². The van der Waals surface area contributed by atoms with E-state index in [-0.39, 0.29) is 5.91 Å². The molecular formula is C13H17N5O. The number of carbonyl (C=O) groups excluding carboxylic acids is 1. The van der Waals surface area contributed by atoms with Gasteiger partial charge in [-0.1, -0.05) is 0 Å². The van der Waals surface area contributed by atoms with Crippen LogP contribution in [0.15, 0.2) is 37.1 Å². The van der Waals surface area contributed by atoms with Gasteiger partial charge in [0.2, 0.25) is 0 Å². The van der Waals surface area contributed by atoms with Crippen LogP contribution in [0.2, 0.25) is 0 Å². The van der Waals surface area contributed by atoms with Gasteiger partial charge in [0.25, 0.3) is 5.91 Å². The number of amides is 1. The van der Waals surface area contributed by atoms with Crippen molar-refractivity contribution < 1.29 is 4.79 Å². The van der Waals surface area contributed by atoms with Gasteiger partial charge in [-0.2, -0.15) is 0 Å². The van der Waals surface area contributed by atoms with Gasteiger partial charge < -0.3 is 14.8 Å². The summed E-state index contributed by atoms with van der Waals surface area (Å²) in [5.74, 6) is 0.716. The van der Waals surface area contributed by atoms with Crippen molar-refractivity contribution in [1.29, 1.82) is 0 Å². The third kappa shape index (κ3) is 3.54. The summed E-state index contributed by atoms with van der Waals surface area (Å²) in [6.45, 7) is 1.57. The number of imidazole rings is 1. The molecule has 0 bridgehead atoms. The third-order valence-electron chi connectivity index (χ3n) is 2.65. The number of anilines is 1. The molecule has 0 aliphatic heterocycles. The molecule has 2 heterocycles. The van der Waals surface area contributed by atoms with Crippen LogP contribution in [0, 0.1) is 0 Å². The minimum absolute atomic E-state index is 0.0440. The van der Waals surface area contributed by atoms with Crippen molar-refractivity contribution in [3.05, 3.63) is 42.6 Å². The summed E-state index contributed by atoms with van der Waals surface area (Å²) in [5, 5.41) is 3.19. The summed E-state index contributed by atoms with van der Waals surface area (Å²) >= 11 is 0. The molecule has 0 fully saturated rings. The van der Waals surface area contributed by atoms with Crippen molar-refractivity contribution in [2.45, 2.75) is 6.54 Å². The van der Waals surface area contributed by atoms with E-state index in [9.17, 15) is 4.79 Å². The van der Waals surface area contributed by atoms with Crippen LogP contribution in [0.25, 0.3) is 0 Å². The first-order valence-corrected chi connectivity index (χ1v) is 6.04. The lowest BCUT2D eigenvalue weighted by Gasteiger charge is -2.10. The molecule has 0 unspecified atom stereocenters. The van der Waals surface area contributed by atoms with Crippen LogP contribution in [0.1, 0.15) is 10.4 Å². The van der Waals surface area contributed by atoms with Gasteiger partial charge in [0, 0.05) is 45.8 Å². The fourth-order valence-corrected chi connectivity index (χ4v) is 1.62. The second-order valence-corrected chi connectivity index (χ2v) is 4.36. The Morgan fingerprint density at radius 1 is 1.42 bits per heavy atom. The molecule has 6 heteroatoms. The number of hydrogen-bond acceptors (Lipinski definition) is 4. The minimum atomic E-state index is -0.0440. The largest absolute Gasteiger partial charge is 0.368 e. The zero-order valence-electron chi connectivity index (χ0n) is 11.1. The molecule has 0 atom stereocenters. The van der Waals surface area contributed by atoms with E-state index in [0.29, 0.717) is 5.56 Å². The monoisotopic (exact) mass is 259 g/mol. The SMILES string of the molecule is CN(C)C(=O)c1ccc(NCCn2ccnc2)nc1. The highest BCUT2D eigenvalue weighted by atomic mass is 16.2. The smallest absolute Gasteiger partial charge is 0.254 e. The molecule has 100 valence electrons. The predicted octanol–water partition coefficient (Wildman–Crippen LogP) is 1.09. The van der Waals surface area contributed by atoms with Crippen LogP contribution >= 0.6 is 0 Å². The Hall–Kier alpha value is -2.37. The van der Waals surface area contributed by atoms with Crippen molar-refractivity contribution in [2.75, 3.05) is 26.0 Å². The number of hydrogen-bond donors (Lipinski definition) is 1. The molecule has 1 amide bonds. The van der Waals surface area contributed by atoms with Crippen LogP contribution < -0.4 is 5.32 Å². The number of nitrogens with one attached hydrogen (secondary N) is 1. The van der Waals surface area contributed by atoms with Crippen LogP contribution in [0.5, 0.6) is 0 Å². The minimum Gasteiger partial charge on any atom is -0.368 e. The van der Waals surface area contributed by atoms with Gasteiger partial charge in [-0.05, 0) is 12.1 Å². The Kier molecular flexibility index (Phi) is 4.12. The van der Waals surface area contributed by atoms with E-state index in [1.54, 1.807) is 38.9 Å². The highest BCUT2D eigenvalue weighted by Crippen LogP contribution is 2.06. The number of rotatable bonds is 5. The van der Waals surface area contributed by atoms with Gasteiger partial charge in [0.15, 0.2) is 0 Å². The summed E-state index contributed by atoms with van der Waals surface area (Å²) < 4.78 is 1.98. The quantitative estimate of drug-likeness (QED) is 0.873. The topological polar surface area (TPSA) is 63.1 Å². The first kappa shape index (κ1) is 13.1. The van der Waals surface area contributed by atoms with E-state index in [0.717, 1.165) is 18.9 Å². The molecule has 19 heavy (non-hydrogen) atoms. The Morgan fingerprint density at radius 3 is 2.84 bits per heavy atom. The average molecular weight is 259 g/mol. The van der Waals surface area contributed by atoms with E-state index in [4.69, 9.17) is 0 Å². The Morgan fingerprint density at radius 2 is 2.26 bits per heavy atom. The van der Waals surface area contributed by atoms with Crippen LogP contribution in [-0.4, -0.2) is 46.0 Å². The highest BCUT2D eigenvalue weighted by molar-refractivity contribution is 5.93. The van der Waals surface area contributed by atoms with Crippen molar-refractivity contribution in [1.82, 2.24) is 19.4 Å². The predicted molar refractivity (Wildman–Crippen MR) is 73.0 cm³/mol. The van der Waals surface area contributed by atoms with Gasteiger partial charge in [0.1, 0.15) is 5.82 Å². The van der Waals surface area contributed by atoms with Crippen LogP contribution in [-0.2, 0) is 6.54 Å². The zero-order chi connectivity index (χ0) is 13.7. The first-order chi connectivity index (χ1) is 9.16.